The molecule has 322 valence electrons. The lowest BCUT2D eigenvalue weighted by molar-refractivity contribution is -0.110. The van der Waals surface area contributed by atoms with Gasteiger partial charge < -0.3 is 15.8 Å². The molecule has 11 heteroatoms. The molecule has 6 aromatic rings. The van der Waals surface area contributed by atoms with Crippen LogP contribution in [0.2, 0.25) is 30.1 Å². The zero-order chi connectivity index (χ0) is 44.9. The van der Waals surface area contributed by atoms with Crippen LogP contribution in [-0.4, -0.2) is 12.8 Å². The smallest absolute Gasteiger partial charge is 0.123 e. The van der Waals surface area contributed by atoms with E-state index in [1.165, 1.54) is 22.3 Å². The topological polar surface area (TPSA) is 103 Å². The number of nitrogens with one attached hydrogen (secondary N) is 1. The van der Waals surface area contributed by atoms with Crippen LogP contribution in [0.3, 0.4) is 0 Å². The van der Waals surface area contributed by atoms with Crippen LogP contribution in [0.15, 0.2) is 133 Å². The van der Waals surface area contributed by atoms with Crippen LogP contribution in [0.25, 0.3) is 0 Å². The zero-order valence-electron chi connectivity index (χ0n) is 34.3. The van der Waals surface area contributed by atoms with Gasteiger partial charge in [0.05, 0.1) is 23.3 Å². The molecule has 0 aliphatic heterocycles. The van der Waals surface area contributed by atoms with Crippen LogP contribution in [-0.2, 0) is 17.9 Å². The predicted molar refractivity (Wildman–Crippen MR) is 260 cm³/mol. The summed E-state index contributed by atoms with van der Waals surface area (Å²) in [6.07, 6.45) is 4.88. The highest BCUT2D eigenvalue weighted by Gasteiger charge is 2.38. The second-order valence-corrected chi connectivity index (χ2v) is 18.6. The summed E-state index contributed by atoms with van der Waals surface area (Å²) in [6, 6.07) is 46.7. The van der Waals surface area contributed by atoms with E-state index < -0.39 is 0 Å². The average molecular weight is 956 g/mol. The van der Waals surface area contributed by atoms with Gasteiger partial charge >= 0.3 is 0 Å². The average Bonchev–Trinajstić information content (AvgIpc) is 3.92. The van der Waals surface area contributed by atoms with Gasteiger partial charge in [-0.05, 0) is 168 Å². The maximum Gasteiger partial charge on any atom is 0.123 e. The van der Waals surface area contributed by atoms with Gasteiger partial charge in [0.2, 0.25) is 0 Å². The molecule has 6 atom stereocenters. The van der Waals surface area contributed by atoms with Crippen molar-refractivity contribution in [2.24, 2.45) is 17.6 Å². The van der Waals surface area contributed by atoms with E-state index in [-0.39, 0.29) is 17.8 Å². The van der Waals surface area contributed by atoms with Gasteiger partial charge in [-0.25, -0.2) is 0 Å². The fourth-order valence-electron chi connectivity index (χ4n) is 8.78. The van der Waals surface area contributed by atoms with Crippen molar-refractivity contribution in [2.75, 3.05) is 6.54 Å². The summed E-state index contributed by atoms with van der Waals surface area (Å²) in [6.45, 7) is 2.26. The number of halogens is 6. The summed E-state index contributed by atoms with van der Waals surface area (Å²) in [4.78, 5) is 11.3. The van der Waals surface area contributed by atoms with E-state index in [9.17, 15) is 4.79 Å². The molecular weight excluding hydrogens is 909 g/mol. The molecule has 8 rings (SSSR count). The molecule has 2 aliphatic carbocycles. The number of hydrogen-bond acceptors (Lipinski definition) is 5. The van der Waals surface area contributed by atoms with Crippen LogP contribution < -0.4 is 11.1 Å². The Hall–Kier alpha value is -4.37. The first-order valence-corrected chi connectivity index (χ1v) is 23.0. The Balaban J connectivity index is 0.000000178. The van der Waals surface area contributed by atoms with Crippen molar-refractivity contribution in [3.05, 3.63) is 208 Å². The molecule has 1 unspecified atom stereocenters. The number of nitriles is 2. The minimum absolute atomic E-state index is 0.0671. The standard InChI is InChI=1S/C26H23Cl3N2.C18H15Cl3O.C8H8N2/c27-21-7-5-20(6-8-21)24-11-19(12-25(24)23-10-9-22(28)13-26(23)29)16-31-15-18-3-1-17(14-30)2-4-18;19-13-3-1-12(2-4-13)16-7-11(10-22)8-17(16)15-6-5-14(20)9-18(15)21;9-5-7-1-2-8(6-10)4-3-7/h1-10,13,19,24-25,31H,11-12,15-16H2;1-6,9-11,16-17H,7-8H2;1-4H,5,9H2/t19-,24-,25+;11?,16-,17+;/m11./s1. The minimum atomic E-state index is 0.0671. The van der Waals surface area contributed by atoms with Gasteiger partial charge in [-0.1, -0.05) is 130 Å². The molecule has 5 nitrogen and oxygen atoms in total. The Morgan fingerprint density at radius 2 is 0.952 bits per heavy atom. The summed E-state index contributed by atoms with van der Waals surface area (Å²) in [5, 5.41) is 25.1. The summed E-state index contributed by atoms with van der Waals surface area (Å²) >= 11 is 37.2. The van der Waals surface area contributed by atoms with E-state index in [1.807, 2.05) is 103 Å². The summed E-state index contributed by atoms with van der Waals surface area (Å²) in [5.41, 5.74) is 13.7. The monoisotopic (exact) mass is 952 g/mol. The lowest BCUT2D eigenvalue weighted by atomic mass is 9.84. The summed E-state index contributed by atoms with van der Waals surface area (Å²) in [7, 11) is 0. The van der Waals surface area contributed by atoms with Gasteiger partial charge in [0.25, 0.3) is 0 Å². The van der Waals surface area contributed by atoms with Crippen molar-refractivity contribution in [2.45, 2.75) is 62.4 Å². The van der Waals surface area contributed by atoms with Crippen LogP contribution in [0, 0.1) is 34.5 Å². The van der Waals surface area contributed by atoms with E-state index in [0.29, 0.717) is 50.5 Å². The molecular formula is C52H46Cl6N4O. The van der Waals surface area contributed by atoms with Crippen molar-refractivity contribution < 1.29 is 4.79 Å². The third kappa shape index (κ3) is 13.3. The Morgan fingerprint density at radius 3 is 1.40 bits per heavy atom. The van der Waals surface area contributed by atoms with Crippen molar-refractivity contribution >= 4 is 75.9 Å². The predicted octanol–water partition coefficient (Wildman–Crippen LogP) is 14.7. The van der Waals surface area contributed by atoms with Gasteiger partial charge in [-0.2, -0.15) is 10.5 Å². The van der Waals surface area contributed by atoms with E-state index in [0.717, 1.165) is 71.3 Å². The lowest BCUT2D eigenvalue weighted by Crippen LogP contribution is -2.21. The molecule has 2 fully saturated rings. The molecule has 0 amide bonds. The van der Waals surface area contributed by atoms with E-state index in [1.54, 1.807) is 18.2 Å². The second-order valence-electron chi connectivity index (χ2n) is 16.0. The molecule has 0 heterocycles. The highest BCUT2D eigenvalue weighted by Crippen LogP contribution is 2.51. The largest absolute Gasteiger partial charge is 0.326 e. The van der Waals surface area contributed by atoms with Gasteiger partial charge in [0, 0.05) is 49.1 Å². The first-order valence-electron chi connectivity index (χ1n) is 20.7. The van der Waals surface area contributed by atoms with Gasteiger partial charge in [-0.3, -0.25) is 0 Å². The van der Waals surface area contributed by atoms with Crippen molar-refractivity contribution in [3.8, 4) is 12.1 Å². The van der Waals surface area contributed by atoms with Crippen LogP contribution >= 0.6 is 69.6 Å². The molecule has 63 heavy (non-hydrogen) atoms. The summed E-state index contributed by atoms with van der Waals surface area (Å²) < 4.78 is 0. The number of carbonyl (C=O) groups is 1. The van der Waals surface area contributed by atoms with E-state index >= 15 is 0 Å². The Labute approximate surface area is 400 Å². The highest BCUT2D eigenvalue weighted by atomic mass is 35.5. The molecule has 2 saturated carbocycles. The highest BCUT2D eigenvalue weighted by molar-refractivity contribution is 6.35. The maximum absolute atomic E-state index is 11.3. The SMILES string of the molecule is N#Cc1ccc(CN)cc1.N#Cc1ccc(CNC[C@@H]2C[C@H](c3ccc(Cl)cc3)[C@H](c3ccc(Cl)cc3Cl)C2)cc1.O=CC1C[C@H](c2ccc(Cl)cc2)[C@H](c2ccc(Cl)cc2Cl)C1. The number of carbonyl (C=O) groups excluding carboxylic acids is 1. The molecule has 0 spiro atoms. The zero-order valence-corrected chi connectivity index (χ0v) is 38.9. The molecule has 2 aliphatic rings. The minimum Gasteiger partial charge on any atom is -0.326 e. The molecule has 3 N–H and O–H groups in total. The van der Waals surface area contributed by atoms with Crippen molar-refractivity contribution in [1.29, 1.82) is 10.5 Å². The van der Waals surface area contributed by atoms with Crippen molar-refractivity contribution in [1.82, 2.24) is 5.32 Å². The lowest BCUT2D eigenvalue weighted by Gasteiger charge is -2.21. The van der Waals surface area contributed by atoms with Crippen LogP contribution in [0.5, 0.6) is 0 Å². The molecule has 6 aromatic carbocycles. The molecule has 0 radical (unpaired) electrons. The number of rotatable bonds is 10. The summed E-state index contributed by atoms with van der Waals surface area (Å²) in [5.74, 6) is 1.82. The molecule has 0 saturated heterocycles. The van der Waals surface area contributed by atoms with Gasteiger partial charge in [0.15, 0.2) is 0 Å². The van der Waals surface area contributed by atoms with Gasteiger partial charge in [-0.15, -0.1) is 0 Å². The van der Waals surface area contributed by atoms with Crippen molar-refractivity contribution in [3.63, 3.8) is 0 Å². The normalized spacial score (nSPS) is 20.0. The number of aldehydes is 1. The quantitative estimate of drug-likeness (QED) is 0.133. The third-order valence-corrected chi connectivity index (χ3v) is 13.6. The first-order chi connectivity index (χ1) is 30.5. The van der Waals surface area contributed by atoms with Crippen LogP contribution in [0.4, 0.5) is 0 Å². The Morgan fingerprint density at radius 1 is 0.540 bits per heavy atom. The number of benzene rings is 6. The fourth-order valence-corrected chi connectivity index (χ4v) is 10.1. The van der Waals surface area contributed by atoms with Gasteiger partial charge in [0.1, 0.15) is 6.29 Å². The van der Waals surface area contributed by atoms with Crippen LogP contribution in [0.1, 0.15) is 93.9 Å². The Bertz CT molecular complexity index is 2520. The maximum atomic E-state index is 11.3. The number of nitrogens with two attached hydrogens (primary N) is 1. The third-order valence-electron chi connectivity index (χ3n) is 11.9. The van der Waals surface area contributed by atoms with E-state index in [4.69, 9.17) is 85.9 Å². The number of hydrogen-bond donors (Lipinski definition) is 2. The first kappa shape index (κ1) is 48.1. The number of nitrogens with zero attached hydrogens (tertiary/aromatic N) is 2. The Kier molecular flexibility index (Phi) is 18.0. The molecule has 0 aromatic heterocycles. The van der Waals surface area contributed by atoms with E-state index in [2.05, 4.69) is 29.6 Å². The second kappa shape index (κ2) is 23.5. The molecule has 0 bridgehead atoms. The fraction of sp³-hybridized carbons (Fsp3) is 0.250.